The predicted molar refractivity (Wildman–Crippen MR) is 61.1 cm³/mol. The number of hydrogen-bond acceptors (Lipinski definition) is 2. The standard InChI is InChI=1S/C11H19N3O/c1-4-7(2)14-11(15)9(12)10(13(14)3)8-5-6-8/h7-8H,4-6,12H2,1-3H3. The third kappa shape index (κ3) is 1.48. The Labute approximate surface area is 89.7 Å². The molecule has 1 aliphatic rings. The molecule has 0 aliphatic heterocycles. The molecule has 4 nitrogen and oxygen atoms in total. The summed E-state index contributed by atoms with van der Waals surface area (Å²) in [6, 6.07) is 0.220. The van der Waals surface area contributed by atoms with Crippen molar-refractivity contribution in [3.63, 3.8) is 0 Å². The van der Waals surface area contributed by atoms with Gasteiger partial charge in [0.2, 0.25) is 0 Å². The van der Waals surface area contributed by atoms with Gasteiger partial charge in [-0.05, 0) is 26.2 Å². The highest BCUT2D eigenvalue weighted by Gasteiger charge is 2.31. The van der Waals surface area contributed by atoms with Crippen LogP contribution in [0.25, 0.3) is 0 Å². The van der Waals surface area contributed by atoms with E-state index in [-0.39, 0.29) is 11.6 Å². The lowest BCUT2D eigenvalue weighted by atomic mass is 10.2. The van der Waals surface area contributed by atoms with Crippen molar-refractivity contribution in [2.24, 2.45) is 7.05 Å². The van der Waals surface area contributed by atoms with Crippen molar-refractivity contribution < 1.29 is 0 Å². The van der Waals surface area contributed by atoms with Gasteiger partial charge in [0.05, 0.1) is 11.7 Å². The first kappa shape index (κ1) is 10.3. The predicted octanol–water partition coefficient (Wildman–Crippen LogP) is 1.62. The molecule has 0 spiro atoms. The van der Waals surface area contributed by atoms with Crippen molar-refractivity contribution in [2.45, 2.75) is 45.1 Å². The summed E-state index contributed by atoms with van der Waals surface area (Å²) in [6.07, 6.45) is 3.28. The zero-order valence-electron chi connectivity index (χ0n) is 9.66. The maximum atomic E-state index is 12.0. The van der Waals surface area contributed by atoms with Crippen LogP contribution in [-0.2, 0) is 7.05 Å². The van der Waals surface area contributed by atoms with Gasteiger partial charge in [-0.3, -0.25) is 9.48 Å². The molecule has 1 fully saturated rings. The van der Waals surface area contributed by atoms with E-state index in [1.54, 1.807) is 4.68 Å². The van der Waals surface area contributed by atoms with E-state index in [0.29, 0.717) is 11.6 Å². The maximum Gasteiger partial charge on any atom is 0.290 e. The Bertz CT molecular complexity index is 426. The van der Waals surface area contributed by atoms with Crippen molar-refractivity contribution >= 4 is 5.69 Å². The van der Waals surface area contributed by atoms with E-state index in [0.717, 1.165) is 12.1 Å². The molecule has 0 aromatic carbocycles. The molecule has 2 N–H and O–H groups in total. The minimum absolute atomic E-state index is 0.0197. The molecule has 1 atom stereocenters. The van der Waals surface area contributed by atoms with Crippen LogP contribution in [0.1, 0.15) is 50.8 Å². The van der Waals surface area contributed by atoms with Gasteiger partial charge in [-0.25, -0.2) is 4.68 Å². The van der Waals surface area contributed by atoms with Crippen LogP contribution in [0, 0.1) is 0 Å². The minimum atomic E-state index is -0.0197. The molecule has 1 aliphatic carbocycles. The Morgan fingerprint density at radius 1 is 1.53 bits per heavy atom. The van der Waals surface area contributed by atoms with Gasteiger partial charge < -0.3 is 5.73 Å². The SMILES string of the molecule is CCC(C)n1c(=O)c(N)c(C2CC2)n1C. The second-order valence-electron chi connectivity index (χ2n) is 4.50. The van der Waals surface area contributed by atoms with Gasteiger partial charge in [0.1, 0.15) is 5.69 Å². The highest BCUT2D eigenvalue weighted by atomic mass is 16.1. The van der Waals surface area contributed by atoms with E-state index in [1.165, 1.54) is 12.8 Å². The van der Waals surface area contributed by atoms with Gasteiger partial charge >= 0.3 is 0 Å². The Morgan fingerprint density at radius 3 is 2.60 bits per heavy atom. The van der Waals surface area contributed by atoms with E-state index in [2.05, 4.69) is 13.8 Å². The molecule has 1 unspecified atom stereocenters. The average Bonchev–Trinajstić information content (AvgIpc) is 2.98. The summed E-state index contributed by atoms with van der Waals surface area (Å²) in [5.74, 6) is 0.521. The molecule has 1 aromatic heterocycles. The molecule has 1 heterocycles. The summed E-state index contributed by atoms with van der Waals surface area (Å²) in [4.78, 5) is 12.0. The molecular formula is C11H19N3O. The monoisotopic (exact) mass is 209 g/mol. The van der Waals surface area contributed by atoms with Crippen molar-refractivity contribution in [1.29, 1.82) is 0 Å². The number of rotatable bonds is 3. The van der Waals surface area contributed by atoms with Crippen LogP contribution in [0.15, 0.2) is 4.79 Å². The number of nitrogens with two attached hydrogens (primary N) is 1. The summed E-state index contributed by atoms with van der Waals surface area (Å²) in [6.45, 7) is 4.13. The lowest BCUT2D eigenvalue weighted by Gasteiger charge is -2.15. The van der Waals surface area contributed by atoms with E-state index in [1.807, 2.05) is 11.7 Å². The van der Waals surface area contributed by atoms with Crippen LogP contribution in [-0.4, -0.2) is 9.36 Å². The number of nitrogens with zero attached hydrogens (tertiary/aromatic N) is 2. The first-order chi connectivity index (χ1) is 7.07. The minimum Gasteiger partial charge on any atom is -0.393 e. The van der Waals surface area contributed by atoms with Crippen LogP contribution in [0.4, 0.5) is 5.69 Å². The Hall–Kier alpha value is -1.19. The molecule has 0 amide bonds. The van der Waals surface area contributed by atoms with Gasteiger partial charge in [-0.15, -0.1) is 0 Å². The van der Waals surface area contributed by atoms with Gasteiger partial charge in [0.25, 0.3) is 5.56 Å². The molecule has 1 aromatic rings. The first-order valence-corrected chi connectivity index (χ1v) is 5.64. The van der Waals surface area contributed by atoms with E-state index in [4.69, 9.17) is 5.73 Å². The number of hydrogen-bond donors (Lipinski definition) is 1. The number of nitrogen functional groups attached to an aromatic ring is 1. The van der Waals surface area contributed by atoms with E-state index in [9.17, 15) is 4.79 Å². The smallest absolute Gasteiger partial charge is 0.290 e. The van der Waals surface area contributed by atoms with E-state index < -0.39 is 0 Å². The highest BCUT2D eigenvalue weighted by molar-refractivity contribution is 5.45. The lowest BCUT2D eigenvalue weighted by molar-refractivity contribution is 0.395. The molecule has 1 saturated carbocycles. The first-order valence-electron chi connectivity index (χ1n) is 5.64. The normalized spacial score (nSPS) is 18.1. The summed E-state index contributed by atoms with van der Waals surface area (Å²) < 4.78 is 3.74. The van der Waals surface area contributed by atoms with Crippen LogP contribution in [0.2, 0.25) is 0 Å². The second-order valence-corrected chi connectivity index (χ2v) is 4.50. The van der Waals surface area contributed by atoms with Crippen LogP contribution in [0.5, 0.6) is 0 Å². The van der Waals surface area contributed by atoms with Crippen molar-refractivity contribution in [1.82, 2.24) is 9.36 Å². The molecule has 2 rings (SSSR count). The lowest BCUT2D eigenvalue weighted by Crippen LogP contribution is -2.25. The molecular weight excluding hydrogens is 190 g/mol. The third-order valence-electron chi connectivity index (χ3n) is 3.36. The van der Waals surface area contributed by atoms with Crippen LogP contribution in [0.3, 0.4) is 0 Å². The quantitative estimate of drug-likeness (QED) is 0.822. The van der Waals surface area contributed by atoms with Crippen molar-refractivity contribution in [3.8, 4) is 0 Å². The molecule has 0 bridgehead atoms. The zero-order valence-corrected chi connectivity index (χ0v) is 9.66. The van der Waals surface area contributed by atoms with Crippen LogP contribution >= 0.6 is 0 Å². The summed E-state index contributed by atoms with van der Waals surface area (Å²) >= 11 is 0. The molecule has 84 valence electrons. The van der Waals surface area contributed by atoms with Gasteiger partial charge in [-0.2, -0.15) is 0 Å². The van der Waals surface area contributed by atoms with E-state index >= 15 is 0 Å². The van der Waals surface area contributed by atoms with Gasteiger partial charge in [0.15, 0.2) is 0 Å². The molecule has 0 radical (unpaired) electrons. The van der Waals surface area contributed by atoms with Crippen molar-refractivity contribution in [2.75, 3.05) is 5.73 Å². The highest BCUT2D eigenvalue weighted by Crippen LogP contribution is 2.41. The summed E-state index contributed by atoms with van der Waals surface area (Å²) in [5, 5.41) is 0. The third-order valence-corrected chi connectivity index (χ3v) is 3.36. The fourth-order valence-corrected chi connectivity index (χ4v) is 2.17. The Kier molecular flexibility index (Phi) is 2.37. The largest absolute Gasteiger partial charge is 0.393 e. The Morgan fingerprint density at radius 2 is 2.13 bits per heavy atom. The molecule has 15 heavy (non-hydrogen) atoms. The average molecular weight is 209 g/mol. The fraction of sp³-hybridized carbons (Fsp3) is 0.727. The van der Waals surface area contributed by atoms with Crippen LogP contribution < -0.4 is 11.3 Å². The zero-order chi connectivity index (χ0) is 11.2. The molecule has 4 heteroatoms. The summed E-state index contributed by atoms with van der Waals surface area (Å²) in [5.41, 5.74) is 7.36. The van der Waals surface area contributed by atoms with Crippen molar-refractivity contribution in [3.05, 3.63) is 16.0 Å². The summed E-state index contributed by atoms with van der Waals surface area (Å²) in [7, 11) is 1.94. The Balaban J connectivity index is 2.55. The molecule has 0 saturated heterocycles. The van der Waals surface area contributed by atoms with Gasteiger partial charge in [0, 0.05) is 13.0 Å². The van der Waals surface area contributed by atoms with Gasteiger partial charge in [-0.1, -0.05) is 6.92 Å². The maximum absolute atomic E-state index is 12.0. The number of anilines is 1. The second kappa shape index (κ2) is 3.43. The fourth-order valence-electron chi connectivity index (χ4n) is 2.17. The number of aromatic nitrogens is 2. The topological polar surface area (TPSA) is 52.9 Å².